The van der Waals surface area contributed by atoms with Crippen LogP contribution in [0.1, 0.15) is 56.3 Å². The van der Waals surface area contributed by atoms with Crippen molar-refractivity contribution in [2.24, 2.45) is 0 Å². The second kappa shape index (κ2) is 7.44. The molecule has 0 aliphatic carbocycles. The van der Waals surface area contributed by atoms with Crippen molar-refractivity contribution < 1.29 is 9.90 Å². The van der Waals surface area contributed by atoms with Gasteiger partial charge >= 0.3 is 5.97 Å². The maximum absolute atomic E-state index is 10.7. The summed E-state index contributed by atoms with van der Waals surface area (Å²) in [4.78, 5) is 13.0. The standard InChI is InChI=1S/C17H27NO2/c1-12(2)18(10-6-7-17(19)20)15(5)16-9-8-13(3)11-14(16)4/h8-9,11-12,15H,6-7,10H2,1-5H3,(H,19,20). The van der Waals surface area contributed by atoms with E-state index in [0.717, 1.165) is 6.54 Å². The molecule has 3 nitrogen and oxygen atoms in total. The maximum Gasteiger partial charge on any atom is 0.303 e. The van der Waals surface area contributed by atoms with Gasteiger partial charge in [-0.1, -0.05) is 23.8 Å². The first kappa shape index (κ1) is 16.7. The molecule has 0 saturated carbocycles. The van der Waals surface area contributed by atoms with Crippen LogP contribution in [0, 0.1) is 13.8 Å². The smallest absolute Gasteiger partial charge is 0.303 e. The molecule has 0 amide bonds. The van der Waals surface area contributed by atoms with E-state index in [1.807, 2.05) is 0 Å². The van der Waals surface area contributed by atoms with Gasteiger partial charge in [-0.2, -0.15) is 0 Å². The molecular weight excluding hydrogens is 250 g/mol. The molecule has 1 atom stereocenters. The molecule has 0 bridgehead atoms. The van der Waals surface area contributed by atoms with Crippen LogP contribution in [0.4, 0.5) is 0 Å². The van der Waals surface area contributed by atoms with Gasteiger partial charge in [-0.25, -0.2) is 0 Å². The summed E-state index contributed by atoms with van der Waals surface area (Å²) in [6, 6.07) is 7.27. The van der Waals surface area contributed by atoms with E-state index in [0.29, 0.717) is 18.5 Å². The first-order valence-electron chi connectivity index (χ1n) is 7.37. The molecule has 0 radical (unpaired) electrons. The summed E-state index contributed by atoms with van der Waals surface area (Å²) in [5.74, 6) is -0.715. The van der Waals surface area contributed by atoms with Crippen LogP contribution in [0.3, 0.4) is 0 Å². The molecule has 1 aromatic carbocycles. The highest BCUT2D eigenvalue weighted by Gasteiger charge is 2.20. The van der Waals surface area contributed by atoms with Crippen molar-refractivity contribution in [3.8, 4) is 0 Å². The molecule has 1 N–H and O–H groups in total. The number of carboxylic acid groups (broad SMARTS) is 1. The number of carboxylic acids is 1. The molecule has 0 saturated heterocycles. The molecular formula is C17H27NO2. The molecule has 0 heterocycles. The predicted octanol–water partition coefficient (Wildman–Crippen LogP) is 3.94. The molecule has 0 aliphatic heterocycles. The molecule has 3 heteroatoms. The van der Waals surface area contributed by atoms with Gasteiger partial charge < -0.3 is 5.11 Å². The van der Waals surface area contributed by atoms with Crippen molar-refractivity contribution in [1.29, 1.82) is 0 Å². The SMILES string of the molecule is Cc1ccc(C(C)N(CCCC(=O)O)C(C)C)c(C)c1. The zero-order valence-electron chi connectivity index (χ0n) is 13.3. The molecule has 1 unspecified atom stereocenters. The lowest BCUT2D eigenvalue weighted by Gasteiger charge is -2.34. The predicted molar refractivity (Wildman–Crippen MR) is 83.0 cm³/mol. The fourth-order valence-corrected chi connectivity index (χ4v) is 2.78. The summed E-state index contributed by atoms with van der Waals surface area (Å²) in [7, 11) is 0. The van der Waals surface area contributed by atoms with Crippen molar-refractivity contribution in [1.82, 2.24) is 4.90 Å². The van der Waals surface area contributed by atoms with E-state index in [4.69, 9.17) is 5.11 Å². The Balaban J connectivity index is 2.82. The molecule has 0 spiro atoms. The van der Waals surface area contributed by atoms with Gasteiger partial charge in [0.1, 0.15) is 0 Å². The van der Waals surface area contributed by atoms with Gasteiger partial charge in [-0.15, -0.1) is 0 Å². The first-order valence-corrected chi connectivity index (χ1v) is 7.37. The van der Waals surface area contributed by atoms with Crippen molar-refractivity contribution in [3.05, 3.63) is 34.9 Å². The fourth-order valence-electron chi connectivity index (χ4n) is 2.78. The summed E-state index contributed by atoms with van der Waals surface area (Å²) in [5.41, 5.74) is 3.92. The van der Waals surface area contributed by atoms with Gasteiger partial charge in [0, 0.05) is 18.5 Å². The van der Waals surface area contributed by atoms with Crippen molar-refractivity contribution in [2.75, 3.05) is 6.54 Å². The monoisotopic (exact) mass is 277 g/mol. The largest absolute Gasteiger partial charge is 0.481 e. The summed E-state index contributed by atoms with van der Waals surface area (Å²) in [5, 5.41) is 8.78. The van der Waals surface area contributed by atoms with E-state index >= 15 is 0 Å². The Kier molecular flexibility index (Phi) is 6.21. The quantitative estimate of drug-likeness (QED) is 0.820. The lowest BCUT2D eigenvalue weighted by molar-refractivity contribution is -0.137. The Morgan fingerprint density at radius 2 is 1.90 bits per heavy atom. The summed E-state index contributed by atoms with van der Waals surface area (Å²) in [6.45, 7) is 11.6. The van der Waals surface area contributed by atoms with E-state index in [2.05, 4.69) is 57.7 Å². The average molecular weight is 277 g/mol. The highest BCUT2D eigenvalue weighted by Crippen LogP contribution is 2.26. The van der Waals surface area contributed by atoms with Crippen molar-refractivity contribution >= 4 is 5.97 Å². The van der Waals surface area contributed by atoms with Gasteiger partial charge in [0.15, 0.2) is 0 Å². The van der Waals surface area contributed by atoms with E-state index < -0.39 is 5.97 Å². The Labute approximate surface area is 122 Å². The van der Waals surface area contributed by atoms with E-state index in [1.165, 1.54) is 16.7 Å². The van der Waals surface area contributed by atoms with Gasteiger partial charge in [-0.05, 0) is 58.7 Å². The van der Waals surface area contributed by atoms with Crippen LogP contribution < -0.4 is 0 Å². The maximum atomic E-state index is 10.7. The number of nitrogens with zero attached hydrogens (tertiary/aromatic N) is 1. The van der Waals surface area contributed by atoms with Crippen LogP contribution in [0.2, 0.25) is 0 Å². The third kappa shape index (κ3) is 4.64. The van der Waals surface area contributed by atoms with Crippen LogP contribution >= 0.6 is 0 Å². The van der Waals surface area contributed by atoms with Crippen LogP contribution in [-0.4, -0.2) is 28.6 Å². The molecule has 20 heavy (non-hydrogen) atoms. The number of aliphatic carboxylic acids is 1. The van der Waals surface area contributed by atoms with Crippen LogP contribution in [-0.2, 0) is 4.79 Å². The zero-order chi connectivity index (χ0) is 15.3. The minimum atomic E-state index is -0.715. The molecule has 0 aromatic heterocycles. The molecule has 0 fully saturated rings. The second-order valence-corrected chi connectivity index (χ2v) is 5.86. The minimum absolute atomic E-state index is 0.239. The normalized spacial score (nSPS) is 12.9. The molecule has 1 rings (SSSR count). The number of hydrogen-bond acceptors (Lipinski definition) is 2. The lowest BCUT2D eigenvalue weighted by Crippen LogP contribution is -2.35. The van der Waals surface area contributed by atoms with Gasteiger partial charge in [0.05, 0.1) is 0 Å². The Bertz CT molecular complexity index is 454. The highest BCUT2D eigenvalue weighted by molar-refractivity contribution is 5.66. The molecule has 0 aliphatic rings. The van der Waals surface area contributed by atoms with Crippen molar-refractivity contribution in [2.45, 2.75) is 59.5 Å². The zero-order valence-corrected chi connectivity index (χ0v) is 13.3. The Hall–Kier alpha value is -1.35. The summed E-state index contributed by atoms with van der Waals surface area (Å²) < 4.78 is 0. The summed E-state index contributed by atoms with van der Waals surface area (Å²) >= 11 is 0. The van der Waals surface area contributed by atoms with E-state index in [-0.39, 0.29) is 6.42 Å². The second-order valence-electron chi connectivity index (χ2n) is 5.86. The van der Waals surface area contributed by atoms with Gasteiger partial charge in [-0.3, -0.25) is 9.69 Å². The third-order valence-electron chi connectivity index (χ3n) is 3.84. The Morgan fingerprint density at radius 1 is 1.25 bits per heavy atom. The van der Waals surface area contributed by atoms with Gasteiger partial charge in [0.25, 0.3) is 0 Å². The number of carbonyl (C=O) groups is 1. The highest BCUT2D eigenvalue weighted by atomic mass is 16.4. The number of hydrogen-bond donors (Lipinski definition) is 1. The average Bonchev–Trinajstić information content (AvgIpc) is 2.33. The number of rotatable bonds is 7. The number of benzene rings is 1. The molecule has 112 valence electrons. The number of aryl methyl sites for hydroxylation is 2. The van der Waals surface area contributed by atoms with E-state index in [9.17, 15) is 4.79 Å². The lowest BCUT2D eigenvalue weighted by atomic mass is 9.98. The minimum Gasteiger partial charge on any atom is -0.481 e. The topological polar surface area (TPSA) is 40.5 Å². The van der Waals surface area contributed by atoms with Crippen LogP contribution in [0.15, 0.2) is 18.2 Å². The summed E-state index contributed by atoms with van der Waals surface area (Å²) in [6.07, 6.45) is 0.936. The third-order valence-corrected chi connectivity index (χ3v) is 3.84. The van der Waals surface area contributed by atoms with Crippen molar-refractivity contribution in [3.63, 3.8) is 0 Å². The van der Waals surface area contributed by atoms with Crippen LogP contribution in [0.25, 0.3) is 0 Å². The molecule has 1 aromatic rings. The van der Waals surface area contributed by atoms with Crippen LogP contribution in [0.5, 0.6) is 0 Å². The fraction of sp³-hybridized carbons (Fsp3) is 0.588. The van der Waals surface area contributed by atoms with E-state index in [1.54, 1.807) is 0 Å². The van der Waals surface area contributed by atoms with Gasteiger partial charge in [0.2, 0.25) is 0 Å². The first-order chi connectivity index (χ1) is 9.32. The Morgan fingerprint density at radius 3 is 2.40 bits per heavy atom.